The Bertz CT molecular complexity index is 395. The smallest absolute Gasteiger partial charge is 0.144 e. The molecule has 1 saturated heterocycles. The fraction of sp³-hybridized carbons (Fsp3) is 0.571. The lowest BCUT2D eigenvalue weighted by Gasteiger charge is -2.14. The number of nitrogen functional groups attached to an aromatic ring is 1. The van der Waals surface area contributed by atoms with Crippen LogP contribution in [0.2, 0.25) is 0 Å². The number of benzene rings is 1. The third kappa shape index (κ3) is 3.29. The third-order valence-electron chi connectivity index (χ3n) is 3.40. The van der Waals surface area contributed by atoms with Crippen LogP contribution in [0.4, 0.5) is 11.4 Å². The van der Waals surface area contributed by atoms with Gasteiger partial charge in [-0.2, -0.15) is 0 Å². The third-order valence-corrected chi connectivity index (χ3v) is 3.40. The van der Waals surface area contributed by atoms with Gasteiger partial charge in [0.05, 0.1) is 12.3 Å². The van der Waals surface area contributed by atoms with E-state index in [0.29, 0.717) is 12.3 Å². The van der Waals surface area contributed by atoms with Crippen LogP contribution in [0.3, 0.4) is 0 Å². The van der Waals surface area contributed by atoms with Crippen LogP contribution in [-0.4, -0.2) is 38.2 Å². The van der Waals surface area contributed by atoms with E-state index in [9.17, 15) is 0 Å². The number of nitrogens with zero attached hydrogens (tertiary/aromatic N) is 1. The van der Waals surface area contributed by atoms with Crippen LogP contribution in [-0.2, 0) is 0 Å². The molecule has 1 fully saturated rings. The number of nitrogens with two attached hydrogens (primary N) is 1. The van der Waals surface area contributed by atoms with Gasteiger partial charge in [0.2, 0.25) is 0 Å². The molecule has 1 aromatic rings. The highest BCUT2D eigenvalue weighted by atomic mass is 16.5. The maximum absolute atomic E-state index is 5.85. The first-order valence-electron chi connectivity index (χ1n) is 6.63. The summed E-state index contributed by atoms with van der Waals surface area (Å²) in [5, 5.41) is 3.47. The molecule has 3 N–H and O–H groups in total. The molecule has 0 bridgehead atoms. The number of hydrogen-bond donors (Lipinski definition) is 2. The average molecular weight is 249 g/mol. The molecule has 4 nitrogen and oxygen atoms in total. The summed E-state index contributed by atoms with van der Waals surface area (Å²) in [6.45, 7) is 6.01. The van der Waals surface area contributed by atoms with Crippen molar-refractivity contribution in [2.45, 2.75) is 13.3 Å². The summed E-state index contributed by atoms with van der Waals surface area (Å²) in [5.41, 5.74) is 7.64. The molecule has 0 saturated carbocycles. The molecule has 1 heterocycles. The molecule has 0 amide bonds. The standard InChI is InChI=1S/C14H23N3O/c1-3-18-14-8-12(4-5-13(14)15)16-9-11-6-7-17(2)10-11/h4-5,8,11,16H,3,6-7,9-10,15H2,1-2H3. The molecule has 1 aliphatic rings. The Hall–Kier alpha value is -1.42. The van der Waals surface area contributed by atoms with Gasteiger partial charge in [0.25, 0.3) is 0 Å². The fourth-order valence-corrected chi connectivity index (χ4v) is 2.38. The highest BCUT2D eigenvalue weighted by molar-refractivity contribution is 5.61. The Morgan fingerprint density at radius 1 is 1.50 bits per heavy atom. The largest absolute Gasteiger partial charge is 0.492 e. The maximum atomic E-state index is 5.85. The number of hydrogen-bond acceptors (Lipinski definition) is 4. The Morgan fingerprint density at radius 2 is 2.33 bits per heavy atom. The van der Waals surface area contributed by atoms with Gasteiger partial charge < -0.3 is 20.7 Å². The second kappa shape index (κ2) is 5.96. The van der Waals surface area contributed by atoms with Crippen LogP contribution in [0.1, 0.15) is 13.3 Å². The van der Waals surface area contributed by atoms with Crippen molar-refractivity contribution in [3.63, 3.8) is 0 Å². The molecule has 0 spiro atoms. The first-order chi connectivity index (χ1) is 8.69. The first kappa shape index (κ1) is 13.0. The SMILES string of the molecule is CCOc1cc(NCC2CCN(C)C2)ccc1N. The fourth-order valence-electron chi connectivity index (χ4n) is 2.38. The van der Waals surface area contributed by atoms with Gasteiger partial charge in [-0.05, 0) is 45.0 Å². The van der Waals surface area contributed by atoms with E-state index in [1.807, 2.05) is 25.1 Å². The van der Waals surface area contributed by atoms with Crippen molar-refractivity contribution in [3.05, 3.63) is 18.2 Å². The molecule has 100 valence electrons. The normalized spacial score (nSPS) is 20.0. The van der Waals surface area contributed by atoms with Crippen molar-refractivity contribution in [2.24, 2.45) is 5.92 Å². The highest BCUT2D eigenvalue weighted by Crippen LogP contribution is 2.26. The predicted octanol–water partition coefficient (Wildman–Crippen LogP) is 2.03. The number of ether oxygens (including phenoxy) is 1. The van der Waals surface area contributed by atoms with Gasteiger partial charge in [0.15, 0.2) is 0 Å². The molecular weight excluding hydrogens is 226 g/mol. The van der Waals surface area contributed by atoms with Crippen LogP contribution in [0.15, 0.2) is 18.2 Å². The Kier molecular flexibility index (Phi) is 4.31. The van der Waals surface area contributed by atoms with Crippen molar-refractivity contribution in [1.82, 2.24) is 4.90 Å². The van der Waals surface area contributed by atoms with Gasteiger partial charge in [0.1, 0.15) is 5.75 Å². The molecule has 1 unspecified atom stereocenters. The maximum Gasteiger partial charge on any atom is 0.144 e. The van der Waals surface area contributed by atoms with Gasteiger partial charge in [-0.15, -0.1) is 0 Å². The zero-order chi connectivity index (χ0) is 13.0. The Labute approximate surface area is 109 Å². The van der Waals surface area contributed by atoms with E-state index in [1.165, 1.54) is 19.5 Å². The molecule has 0 aliphatic carbocycles. The zero-order valence-corrected chi connectivity index (χ0v) is 11.3. The van der Waals surface area contributed by atoms with Crippen molar-refractivity contribution in [1.29, 1.82) is 0 Å². The quantitative estimate of drug-likeness (QED) is 0.784. The molecule has 1 aliphatic heterocycles. The number of anilines is 2. The molecule has 1 atom stereocenters. The van der Waals surface area contributed by atoms with Crippen molar-refractivity contribution in [2.75, 3.05) is 44.3 Å². The minimum Gasteiger partial charge on any atom is -0.492 e. The topological polar surface area (TPSA) is 50.5 Å². The minimum absolute atomic E-state index is 0.640. The lowest BCUT2D eigenvalue weighted by atomic mass is 10.1. The predicted molar refractivity (Wildman–Crippen MR) is 76.1 cm³/mol. The summed E-state index contributed by atoms with van der Waals surface area (Å²) in [6.07, 6.45) is 1.27. The van der Waals surface area contributed by atoms with Crippen molar-refractivity contribution in [3.8, 4) is 5.75 Å². The molecule has 1 aromatic carbocycles. The highest BCUT2D eigenvalue weighted by Gasteiger charge is 2.18. The summed E-state index contributed by atoms with van der Waals surface area (Å²) in [5.74, 6) is 1.51. The van der Waals surface area contributed by atoms with Gasteiger partial charge in [-0.1, -0.05) is 0 Å². The van der Waals surface area contributed by atoms with Gasteiger partial charge in [-0.3, -0.25) is 0 Å². The van der Waals surface area contributed by atoms with Crippen LogP contribution >= 0.6 is 0 Å². The summed E-state index contributed by atoms with van der Waals surface area (Å²) >= 11 is 0. The second-order valence-corrected chi connectivity index (χ2v) is 4.98. The van der Waals surface area contributed by atoms with E-state index >= 15 is 0 Å². The molecule has 0 radical (unpaired) electrons. The first-order valence-corrected chi connectivity index (χ1v) is 6.63. The monoisotopic (exact) mass is 249 g/mol. The van der Waals surface area contributed by atoms with E-state index in [1.54, 1.807) is 0 Å². The zero-order valence-electron chi connectivity index (χ0n) is 11.3. The van der Waals surface area contributed by atoms with E-state index in [2.05, 4.69) is 17.3 Å². The summed E-state index contributed by atoms with van der Waals surface area (Å²) in [4.78, 5) is 2.38. The number of rotatable bonds is 5. The van der Waals surface area contributed by atoms with Crippen molar-refractivity contribution < 1.29 is 4.74 Å². The van der Waals surface area contributed by atoms with E-state index in [0.717, 1.165) is 23.9 Å². The lowest BCUT2D eigenvalue weighted by Crippen LogP contribution is -2.19. The van der Waals surface area contributed by atoms with Crippen LogP contribution in [0, 0.1) is 5.92 Å². The molecular formula is C14H23N3O. The van der Waals surface area contributed by atoms with Crippen molar-refractivity contribution >= 4 is 11.4 Å². The van der Waals surface area contributed by atoms with Crippen LogP contribution in [0.5, 0.6) is 5.75 Å². The lowest BCUT2D eigenvalue weighted by molar-refractivity contribution is 0.342. The van der Waals surface area contributed by atoms with E-state index < -0.39 is 0 Å². The van der Waals surface area contributed by atoms with Gasteiger partial charge in [0, 0.05) is 24.8 Å². The van der Waals surface area contributed by atoms with E-state index in [4.69, 9.17) is 10.5 Å². The molecule has 2 rings (SSSR count). The van der Waals surface area contributed by atoms with Crippen LogP contribution < -0.4 is 15.8 Å². The van der Waals surface area contributed by atoms with Gasteiger partial charge >= 0.3 is 0 Å². The van der Waals surface area contributed by atoms with Crippen LogP contribution in [0.25, 0.3) is 0 Å². The summed E-state index contributed by atoms with van der Waals surface area (Å²) in [7, 11) is 2.18. The summed E-state index contributed by atoms with van der Waals surface area (Å²) in [6, 6.07) is 5.89. The summed E-state index contributed by atoms with van der Waals surface area (Å²) < 4.78 is 5.49. The molecule has 0 aromatic heterocycles. The van der Waals surface area contributed by atoms with Gasteiger partial charge in [-0.25, -0.2) is 0 Å². The molecule has 18 heavy (non-hydrogen) atoms. The Morgan fingerprint density at radius 3 is 3.00 bits per heavy atom. The minimum atomic E-state index is 0.640. The number of nitrogens with one attached hydrogen (secondary N) is 1. The van der Waals surface area contributed by atoms with E-state index in [-0.39, 0.29) is 0 Å². The number of likely N-dealkylation sites (tertiary alicyclic amines) is 1. The molecule has 4 heteroatoms. The Balaban J connectivity index is 1.91. The second-order valence-electron chi connectivity index (χ2n) is 4.98. The average Bonchev–Trinajstić information content (AvgIpc) is 2.76.